The summed E-state index contributed by atoms with van der Waals surface area (Å²) < 4.78 is 0. The lowest BCUT2D eigenvalue weighted by molar-refractivity contribution is -0.143. The molecule has 6 atom stereocenters. The number of nitrogens with one attached hydrogen (secondary N) is 6. The van der Waals surface area contributed by atoms with E-state index in [0.717, 1.165) is 16.0 Å². The second-order valence-electron chi connectivity index (χ2n) is 19.4. The number of primary amides is 2. The number of carbonyl (C=O) groups is 11. The Morgan fingerprint density at radius 1 is 0.705 bits per heavy atom. The number of carboxylic acids is 2. The molecule has 0 aliphatic carbocycles. The zero-order chi connectivity index (χ0) is 57.1. The van der Waals surface area contributed by atoms with Gasteiger partial charge in [-0.1, -0.05) is 42.8 Å². The van der Waals surface area contributed by atoms with Crippen molar-refractivity contribution in [2.45, 2.75) is 134 Å². The first-order valence-corrected chi connectivity index (χ1v) is 26.0. The third kappa shape index (κ3) is 22.5. The molecule has 9 amide bonds. The standard InChI is InChI=1S/C54H72N10O14/c1-33-10-2-3-13-41(33)63-54(78)60-38-20-17-34(18-21-38)26-39(65)27-36(12-4-6-24-58-46(68)22-19-35-11-9-23-57-31-35)50(74)62-43(15-8-16-47(69)70)52(76)64-32-40(66)30-44(64)51(75)61-42(14-5-7-25-59-53(56)77)45(67)28-37(49(55)73)29-48(71)72/h2-3,9-11,13,17-18,20-21,23,31,36-37,40,42-44,66H,4-8,12,14-16,19,22,24-30,32H2,1H3,(H2,55,73)(H,58,68)(H,61,75)(H,62,74)(H,69,70)(H,71,72)(H3,56,59,77)(H2,60,63,78)/t36-,37+,40-,42+,43+,44+/m1/s1. The Bertz CT molecular complexity index is 2570. The van der Waals surface area contributed by atoms with E-state index in [1.54, 1.807) is 54.9 Å². The molecule has 78 heavy (non-hydrogen) atoms. The smallest absolute Gasteiger partial charge is 0.323 e. The van der Waals surface area contributed by atoms with Gasteiger partial charge in [-0.15, -0.1) is 0 Å². The number of ketones is 2. The largest absolute Gasteiger partial charge is 0.481 e. The highest BCUT2D eigenvalue weighted by atomic mass is 16.4. The molecule has 13 N–H and O–H groups in total. The number of unbranched alkanes of at least 4 members (excludes halogenated alkanes) is 2. The monoisotopic (exact) mass is 1080 g/mol. The molecule has 3 aromatic rings. The minimum atomic E-state index is -1.46. The molecular weight excluding hydrogens is 1010 g/mol. The Balaban J connectivity index is 1.51. The summed E-state index contributed by atoms with van der Waals surface area (Å²) in [4.78, 5) is 147. The van der Waals surface area contributed by atoms with Crippen molar-refractivity contribution in [1.29, 1.82) is 0 Å². The lowest BCUT2D eigenvalue weighted by Crippen LogP contribution is -2.56. The fourth-order valence-electron chi connectivity index (χ4n) is 8.89. The van der Waals surface area contributed by atoms with Crippen molar-refractivity contribution in [2.24, 2.45) is 23.3 Å². The van der Waals surface area contributed by atoms with Gasteiger partial charge in [-0.25, -0.2) is 9.59 Å². The Hall–Kier alpha value is -8.28. The van der Waals surface area contributed by atoms with Gasteiger partial charge in [-0.3, -0.25) is 48.1 Å². The number of benzene rings is 2. The second-order valence-corrected chi connectivity index (χ2v) is 19.4. The summed E-state index contributed by atoms with van der Waals surface area (Å²) in [5, 5.41) is 45.8. The van der Waals surface area contributed by atoms with Crippen molar-refractivity contribution in [1.82, 2.24) is 31.2 Å². The lowest BCUT2D eigenvalue weighted by atomic mass is 9.92. The molecule has 24 nitrogen and oxygen atoms in total. The molecule has 0 saturated carbocycles. The first kappa shape index (κ1) is 62.3. The summed E-state index contributed by atoms with van der Waals surface area (Å²) in [7, 11) is 0. The fourth-order valence-corrected chi connectivity index (χ4v) is 8.89. The SMILES string of the molecule is Cc1ccccc1NC(=O)Nc1ccc(CC(=O)C[C@@H](CCCCNC(=O)CCc2cccnc2)C(=O)N[C@@H](CCCC(=O)O)C(=O)N2C[C@H](O)C[C@H]2C(=O)N[C@@H](CCCCNC(N)=O)C(=O)C[C@@H](CC(=O)O)C(N)=O)cc1. The number of aliphatic hydroxyl groups excluding tert-OH is 1. The third-order valence-corrected chi connectivity index (χ3v) is 13.1. The van der Waals surface area contributed by atoms with E-state index in [0.29, 0.717) is 42.6 Å². The minimum Gasteiger partial charge on any atom is -0.481 e. The van der Waals surface area contributed by atoms with E-state index in [-0.39, 0.29) is 82.6 Å². The first-order valence-electron chi connectivity index (χ1n) is 26.0. The van der Waals surface area contributed by atoms with Crippen LogP contribution < -0.4 is 43.4 Å². The number of Topliss-reactive ketones (excluding diaryl/α,β-unsaturated/α-hetero) is 2. The van der Waals surface area contributed by atoms with Crippen molar-refractivity contribution >= 4 is 76.5 Å². The zero-order valence-corrected chi connectivity index (χ0v) is 43.7. The number of β-amino-alcohol motifs (C(OH)–C–C–N with tert-alkyl or cyclic N) is 1. The van der Waals surface area contributed by atoms with Crippen LogP contribution in [0.25, 0.3) is 0 Å². The molecule has 4 rings (SSSR count). The number of nitrogens with two attached hydrogens (primary N) is 2. The number of pyridine rings is 1. The van der Waals surface area contributed by atoms with Crippen LogP contribution >= 0.6 is 0 Å². The number of hydrogen-bond donors (Lipinski definition) is 11. The number of anilines is 2. The predicted octanol–water partition coefficient (Wildman–Crippen LogP) is 2.63. The maximum Gasteiger partial charge on any atom is 0.323 e. The molecule has 0 spiro atoms. The highest BCUT2D eigenvalue weighted by Crippen LogP contribution is 2.24. The summed E-state index contributed by atoms with van der Waals surface area (Å²) in [6.45, 7) is 1.84. The number of rotatable bonds is 34. The normalized spacial score (nSPS) is 15.3. The van der Waals surface area contributed by atoms with Crippen LogP contribution in [0.1, 0.15) is 107 Å². The van der Waals surface area contributed by atoms with Crippen molar-refractivity contribution in [3.05, 3.63) is 89.7 Å². The molecule has 422 valence electrons. The molecule has 24 heteroatoms. The van der Waals surface area contributed by atoms with Crippen LogP contribution in [0.15, 0.2) is 73.1 Å². The number of aromatic nitrogens is 1. The molecule has 0 radical (unpaired) electrons. The van der Waals surface area contributed by atoms with Crippen molar-refractivity contribution < 1.29 is 68.1 Å². The number of aliphatic carboxylic acids is 2. The Morgan fingerprint density at radius 3 is 2.05 bits per heavy atom. The topological polar surface area (TPSA) is 389 Å². The van der Waals surface area contributed by atoms with Gasteiger partial charge in [-0.05, 0) is 99.2 Å². The van der Waals surface area contributed by atoms with E-state index in [2.05, 4.69) is 36.9 Å². The predicted molar refractivity (Wildman–Crippen MR) is 284 cm³/mol. The molecule has 1 aliphatic heterocycles. The van der Waals surface area contributed by atoms with Gasteiger partial charge >= 0.3 is 24.0 Å². The van der Waals surface area contributed by atoms with Crippen molar-refractivity contribution in [3.8, 4) is 0 Å². The number of amides is 9. The van der Waals surface area contributed by atoms with Crippen LogP contribution in [0.5, 0.6) is 0 Å². The summed E-state index contributed by atoms with van der Waals surface area (Å²) >= 11 is 0. The number of likely N-dealkylation sites (tertiary alicyclic amines) is 1. The van der Waals surface area contributed by atoms with Gasteiger partial charge in [0.2, 0.25) is 29.5 Å². The van der Waals surface area contributed by atoms with E-state index in [1.807, 2.05) is 25.1 Å². The van der Waals surface area contributed by atoms with E-state index in [1.165, 1.54) is 0 Å². The molecule has 2 aromatic carbocycles. The molecule has 0 bridgehead atoms. The van der Waals surface area contributed by atoms with Crippen LogP contribution in [0.2, 0.25) is 0 Å². The second kappa shape index (κ2) is 32.3. The summed E-state index contributed by atoms with van der Waals surface area (Å²) in [6, 6.07) is 12.0. The number of para-hydroxylation sites is 1. The molecule has 2 heterocycles. The third-order valence-electron chi connectivity index (χ3n) is 13.1. The van der Waals surface area contributed by atoms with Gasteiger partial charge in [0, 0.05) is 87.8 Å². The van der Waals surface area contributed by atoms with Gasteiger partial charge < -0.3 is 63.6 Å². The molecule has 1 fully saturated rings. The number of urea groups is 2. The first-order chi connectivity index (χ1) is 37.2. The van der Waals surface area contributed by atoms with Gasteiger partial charge in [0.15, 0.2) is 5.78 Å². The fraction of sp³-hybridized carbons (Fsp3) is 0.481. The Kier molecular flexibility index (Phi) is 25.8. The van der Waals surface area contributed by atoms with Gasteiger partial charge in [0.05, 0.1) is 24.5 Å². The number of carboxylic acid groups (broad SMARTS) is 2. The van der Waals surface area contributed by atoms with E-state index in [4.69, 9.17) is 11.5 Å². The van der Waals surface area contributed by atoms with Gasteiger partial charge in [0.1, 0.15) is 17.9 Å². The number of carbonyl (C=O) groups excluding carboxylic acids is 9. The number of aryl methyl sites for hydroxylation is 2. The van der Waals surface area contributed by atoms with Crippen LogP contribution in [-0.2, 0) is 56.0 Å². The van der Waals surface area contributed by atoms with Crippen LogP contribution in [0.4, 0.5) is 21.0 Å². The average Bonchev–Trinajstić information content (AvgIpc) is 3.79. The molecule has 1 aromatic heterocycles. The molecule has 1 aliphatic rings. The zero-order valence-electron chi connectivity index (χ0n) is 43.7. The number of nitrogens with zero attached hydrogens (tertiary/aromatic N) is 2. The maximum absolute atomic E-state index is 14.6. The molecule has 0 unspecified atom stereocenters. The minimum absolute atomic E-state index is 0.0600. The highest BCUT2D eigenvalue weighted by Gasteiger charge is 2.43. The van der Waals surface area contributed by atoms with Crippen molar-refractivity contribution in [3.63, 3.8) is 0 Å². The van der Waals surface area contributed by atoms with E-state index in [9.17, 15) is 68.1 Å². The highest BCUT2D eigenvalue weighted by molar-refractivity contribution is 6.00. The van der Waals surface area contributed by atoms with Gasteiger partial charge in [-0.2, -0.15) is 0 Å². The summed E-state index contributed by atoms with van der Waals surface area (Å²) in [5.74, 6) is -9.85. The Morgan fingerprint density at radius 2 is 1.40 bits per heavy atom. The van der Waals surface area contributed by atoms with Crippen LogP contribution in [0, 0.1) is 18.8 Å². The summed E-state index contributed by atoms with van der Waals surface area (Å²) in [6.07, 6.45) is 1.24. The number of hydrogen-bond acceptors (Lipinski definition) is 13. The van der Waals surface area contributed by atoms with Crippen LogP contribution in [0.3, 0.4) is 0 Å². The van der Waals surface area contributed by atoms with Crippen molar-refractivity contribution in [2.75, 3.05) is 30.3 Å². The van der Waals surface area contributed by atoms with E-state index >= 15 is 0 Å². The maximum atomic E-state index is 14.6. The quantitative estimate of drug-likeness (QED) is 0.0383. The molecular formula is C54H72N10O14. The average molecular weight is 1090 g/mol. The lowest BCUT2D eigenvalue weighted by Gasteiger charge is -2.30. The number of aliphatic hydroxyl groups is 1. The summed E-state index contributed by atoms with van der Waals surface area (Å²) in [5.41, 5.74) is 14.0. The van der Waals surface area contributed by atoms with Gasteiger partial charge in [0.25, 0.3) is 0 Å². The van der Waals surface area contributed by atoms with Crippen LogP contribution in [-0.4, -0.2) is 134 Å². The Labute approximate surface area is 451 Å². The molecule has 1 saturated heterocycles. The van der Waals surface area contributed by atoms with E-state index < -0.39 is 115 Å².